The quantitative estimate of drug-likeness (QED) is 0.722. The van der Waals surface area contributed by atoms with Crippen LogP contribution in [0, 0.1) is 17.2 Å². The first kappa shape index (κ1) is 13.3. The van der Waals surface area contributed by atoms with E-state index >= 15 is 0 Å². The molecule has 0 aliphatic carbocycles. The number of nitrogens with one attached hydrogen (secondary N) is 1. The molecule has 1 aliphatic heterocycles. The Balaban J connectivity index is 2.00. The van der Waals surface area contributed by atoms with E-state index in [-0.39, 0.29) is 11.7 Å². The van der Waals surface area contributed by atoms with Crippen molar-refractivity contribution >= 4 is 22.9 Å². The van der Waals surface area contributed by atoms with Crippen LogP contribution >= 0.6 is 0 Å². The van der Waals surface area contributed by atoms with E-state index in [0.29, 0.717) is 5.95 Å². The van der Waals surface area contributed by atoms with Crippen LogP contribution in [0.5, 0.6) is 5.75 Å². The molecule has 0 saturated heterocycles. The number of phenolic OH excluding ortho intramolecular Hbond substituents is 1. The van der Waals surface area contributed by atoms with Crippen LogP contribution in [0.3, 0.4) is 0 Å². The Morgan fingerprint density at radius 3 is 2.65 bits per heavy atom. The van der Waals surface area contributed by atoms with E-state index in [0.717, 1.165) is 16.6 Å². The maximum Gasteiger partial charge on any atom is 0.246 e. The molecule has 6 heteroatoms. The number of aromatic nitrogens is 2. The van der Waals surface area contributed by atoms with Gasteiger partial charge in [0.15, 0.2) is 5.92 Å². The van der Waals surface area contributed by atoms with Crippen molar-refractivity contribution in [2.45, 2.75) is 6.04 Å². The maximum atomic E-state index is 12.3. The number of nitrogens with zero attached hydrogens (tertiary/aromatic N) is 3. The minimum Gasteiger partial charge on any atom is -0.508 e. The van der Waals surface area contributed by atoms with Crippen molar-refractivity contribution < 1.29 is 9.90 Å². The topological polar surface area (TPSA) is 90.9 Å². The minimum absolute atomic E-state index is 0.137. The average molecular weight is 304 g/mol. The van der Waals surface area contributed by atoms with Crippen LogP contribution in [-0.4, -0.2) is 20.6 Å². The summed E-state index contributed by atoms with van der Waals surface area (Å²) in [4.78, 5) is 16.7. The second-order valence-corrected chi connectivity index (χ2v) is 5.43. The van der Waals surface area contributed by atoms with Crippen LogP contribution in [0.2, 0.25) is 0 Å². The van der Waals surface area contributed by atoms with Gasteiger partial charge in [-0.1, -0.05) is 24.3 Å². The number of carbonyl (C=O) groups excluding carboxylic acids is 1. The molecule has 6 nitrogen and oxygen atoms in total. The second kappa shape index (κ2) is 4.85. The molecule has 2 aromatic carbocycles. The van der Waals surface area contributed by atoms with Crippen molar-refractivity contribution in [2.24, 2.45) is 5.92 Å². The zero-order valence-electron chi connectivity index (χ0n) is 12.0. The SMILES string of the molecule is N#C[C@H]1C(=O)Nc2nc3ccccc3n2[C@@H]1c1ccc(O)cc1. The van der Waals surface area contributed by atoms with Gasteiger partial charge in [0, 0.05) is 0 Å². The van der Waals surface area contributed by atoms with Gasteiger partial charge in [0.2, 0.25) is 11.9 Å². The lowest BCUT2D eigenvalue weighted by molar-refractivity contribution is -0.119. The number of anilines is 1. The largest absolute Gasteiger partial charge is 0.508 e. The van der Waals surface area contributed by atoms with Crippen molar-refractivity contribution in [3.05, 3.63) is 54.1 Å². The van der Waals surface area contributed by atoms with Crippen molar-refractivity contribution in [1.29, 1.82) is 5.26 Å². The zero-order valence-corrected chi connectivity index (χ0v) is 12.0. The van der Waals surface area contributed by atoms with Gasteiger partial charge in [0.1, 0.15) is 5.75 Å². The molecule has 112 valence electrons. The van der Waals surface area contributed by atoms with Gasteiger partial charge in [-0.2, -0.15) is 5.26 Å². The number of hydrogen-bond donors (Lipinski definition) is 2. The molecule has 4 rings (SSSR count). The number of hydrogen-bond acceptors (Lipinski definition) is 4. The molecule has 1 aromatic heterocycles. The molecule has 2 heterocycles. The molecule has 1 amide bonds. The van der Waals surface area contributed by atoms with Crippen LogP contribution in [0.25, 0.3) is 11.0 Å². The highest BCUT2D eigenvalue weighted by atomic mass is 16.3. The molecule has 0 saturated carbocycles. The van der Waals surface area contributed by atoms with Crippen LogP contribution in [0.15, 0.2) is 48.5 Å². The predicted octanol–water partition coefficient (Wildman–Crippen LogP) is 2.42. The summed E-state index contributed by atoms with van der Waals surface area (Å²) in [7, 11) is 0. The summed E-state index contributed by atoms with van der Waals surface area (Å²) in [5, 5.41) is 21.7. The number of benzene rings is 2. The maximum absolute atomic E-state index is 12.3. The number of carbonyl (C=O) groups is 1. The molecular formula is C17H12N4O2. The van der Waals surface area contributed by atoms with Gasteiger partial charge >= 0.3 is 0 Å². The second-order valence-electron chi connectivity index (χ2n) is 5.43. The third kappa shape index (κ3) is 1.94. The highest BCUT2D eigenvalue weighted by Crippen LogP contribution is 2.37. The summed E-state index contributed by atoms with van der Waals surface area (Å²) in [6.45, 7) is 0. The number of imidazole rings is 1. The van der Waals surface area contributed by atoms with Gasteiger partial charge in [-0.25, -0.2) is 4.98 Å². The first-order valence-corrected chi connectivity index (χ1v) is 7.15. The number of aromatic hydroxyl groups is 1. The van der Waals surface area contributed by atoms with Gasteiger partial charge in [-0.15, -0.1) is 0 Å². The first-order valence-electron chi connectivity index (χ1n) is 7.15. The number of amides is 1. The Morgan fingerprint density at radius 2 is 1.91 bits per heavy atom. The molecule has 0 bridgehead atoms. The van der Waals surface area contributed by atoms with Gasteiger partial charge in [-0.3, -0.25) is 10.1 Å². The third-order valence-corrected chi connectivity index (χ3v) is 4.08. The fourth-order valence-electron chi connectivity index (χ4n) is 3.04. The molecule has 23 heavy (non-hydrogen) atoms. The monoisotopic (exact) mass is 304 g/mol. The fourth-order valence-corrected chi connectivity index (χ4v) is 3.04. The zero-order chi connectivity index (χ0) is 16.0. The number of nitriles is 1. The molecule has 3 aromatic rings. The lowest BCUT2D eigenvalue weighted by Crippen LogP contribution is -2.37. The predicted molar refractivity (Wildman–Crippen MR) is 83.7 cm³/mol. The van der Waals surface area contributed by atoms with E-state index in [2.05, 4.69) is 16.4 Å². The lowest BCUT2D eigenvalue weighted by Gasteiger charge is -2.29. The van der Waals surface area contributed by atoms with Crippen LogP contribution < -0.4 is 5.32 Å². The molecule has 0 fully saturated rings. The van der Waals surface area contributed by atoms with E-state index in [4.69, 9.17) is 0 Å². The Kier molecular flexibility index (Phi) is 2.81. The minimum atomic E-state index is -0.871. The smallest absolute Gasteiger partial charge is 0.246 e. The number of para-hydroxylation sites is 2. The standard InChI is InChI=1S/C17H12N4O2/c18-9-12-15(10-5-7-11(22)8-6-10)21-14-4-2-1-3-13(14)19-17(21)20-16(12)23/h1-8,12,15,22H,(H,19,20,23)/t12-,15-/m1/s1. The normalized spacial score (nSPS) is 19.9. The van der Waals surface area contributed by atoms with Crippen molar-refractivity contribution in [3.8, 4) is 11.8 Å². The molecule has 1 aliphatic rings. The summed E-state index contributed by atoms with van der Waals surface area (Å²) in [6.07, 6.45) is 0. The van der Waals surface area contributed by atoms with E-state index in [1.165, 1.54) is 0 Å². The average Bonchev–Trinajstić information content (AvgIpc) is 2.92. The summed E-state index contributed by atoms with van der Waals surface area (Å²) < 4.78 is 1.87. The number of fused-ring (bicyclic) bond motifs is 3. The molecular weight excluding hydrogens is 292 g/mol. The van der Waals surface area contributed by atoms with Gasteiger partial charge < -0.3 is 9.67 Å². The van der Waals surface area contributed by atoms with Gasteiger partial charge in [0.25, 0.3) is 0 Å². The van der Waals surface area contributed by atoms with Gasteiger partial charge in [0.05, 0.1) is 23.1 Å². The Morgan fingerprint density at radius 1 is 1.17 bits per heavy atom. The van der Waals surface area contributed by atoms with Crippen LogP contribution in [-0.2, 0) is 4.79 Å². The highest BCUT2D eigenvalue weighted by Gasteiger charge is 2.38. The number of rotatable bonds is 1. The summed E-state index contributed by atoms with van der Waals surface area (Å²) in [5.74, 6) is -0.669. The molecule has 2 N–H and O–H groups in total. The molecule has 0 unspecified atom stereocenters. The summed E-state index contributed by atoms with van der Waals surface area (Å²) in [5.41, 5.74) is 2.37. The van der Waals surface area contributed by atoms with Crippen molar-refractivity contribution in [2.75, 3.05) is 5.32 Å². The van der Waals surface area contributed by atoms with Gasteiger partial charge in [-0.05, 0) is 29.8 Å². The molecule has 2 atom stereocenters. The Bertz CT molecular complexity index is 953. The Labute approximate surface area is 131 Å². The molecule has 0 radical (unpaired) electrons. The van der Waals surface area contributed by atoms with E-state index in [1.807, 2.05) is 28.8 Å². The Hall–Kier alpha value is -3.33. The van der Waals surface area contributed by atoms with E-state index < -0.39 is 12.0 Å². The van der Waals surface area contributed by atoms with Crippen LogP contribution in [0.4, 0.5) is 5.95 Å². The van der Waals surface area contributed by atoms with E-state index in [9.17, 15) is 15.2 Å². The first-order chi connectivity index (χ1) is 11.2. The number of phenols is 1. The lowest BCUT2D eigenvalue weighted by atomic mass is 9.91. The fraction of sp³-hybridized carbons (Fsp3) is 0.118. The van der Waals surface area contributed by atoms with Crippen molar-refractivity contribution in [3.63, 3.8) is 0 Å². The van der Waals surface area contributed by atoms with Crippen LogP contribution in [0.1, 0.15) is 11.6 Å². The third-order valence-electron chi connectivity index (χ3n) is 4.08. The molecule has 0 spiro atoms. The van der Waals surface area contributed by atoms with Crippen molar-refractivity contribution in [1.82, 2.24) is 9.55 Å². The summed E-state index contributed by atoms with van der Waals surface area (Å²) >= 11 is 0. The highest BCUT2D eigenvalue weighted by molar-refractivity contribution is 5.97. The summed E-state index contributed by atoms with van der Waals surface area (Å²) in [6, 6.07) is 15.7. The van der Waals surface area contributed by atoms with E-state index in [1.54, 1.807) is 24.3 Å².